The number of allylic oxidation sites excluding steroid dienone is 1. The van der Waals surface area contributed by atoms with E-state index in [0.717, 1.165) is 16.7 Å². The second kappa shape index (κ2) is 5.92. The number of anilines is 1. The number of nitriles is 1. The number of Topliss-reactive ketones (excluding diaryl/α,β-unsaturated/α-hetero) is 1. The summed E-state index contributed by atoms with van der Waals surface area (Å²) in [6.45, 7) is 9.65. The number of rotatable bonds is 3. The third-order valence-corrected chi connectivity index (χ3v) is 3.88. The van der Waals surface area contributed by atoms with Gasteiger partial charge in [0.25, 0.3) is 0 Å². The lowest BCUT2D eigenvalue weighted by atomic mass is 9.90. The third-order valence-electron chi connectivity index (χ3n) is 3.88. The highest BCUT2D eigenvalue weighted by atomic mass is 16.1. The number of ketones is 1. The number of hydrogen-bond acceptors (Lipinski definition) is 3. The molecule has 0 aliphatic heterocycles. The van der Waals surface area contributed by atoms with Gasteiger partial charge in [0.05, 0.1) is 5.57 Å². The van der Waals surface area contributed by atoms with Gasteiger partial charge in [-0.3, -0.25) is 4.79 Å². The van der Waals surface area contributed by atoms with Gasteiger partial charge in [-0.1, -0.05) is 0 Å². The lowest BCUT2D eigenvalue weighted by molar-refractivity contribution is -0.113. The number of hydrogen-bond donors (Lipinski definition) is 0. The smallest absolute Gasteiger partial charge is 0.170 e. The van der Waals surface area contributed by atoms with Gasteiger partial charge in [-0.05, 0) is 68.5 Å². The molecule has 0 aromatic heterocycles. The Morgan fingerprint density at radius 1 is 1.05 bits per heavy atom. The van der Waals surface area contributed by atoms with Gasteiger partial charge in [0.15, 0.2) is 5.78 Å². The summed E-state index contributed by atoms with van der Waals surface area (Å²) in [7, 11) is 4.06. The fraction of sp³-hybridized carbons (Fsp3) is 0.412. The van der Waals surface area contributed by atoms with E-state index >= 15 is 0 Å². The first-order valence-electron chi connectivity index (χ1n) is 6.62. The van der Waals surface area contributed by atoms with E-state index in [-0.39, 0.29) is 11.4 Å². The summed E-state index contributed by atoms with van der Waals surface area (Å²) >= 11 is 0. The van der Waals surface area contributed by atoms with E-state index in [1.54, 1.807) is 6.08 Å². The molecule has 0 aliphatic carbocycles. The SMILES string of the molecule is CC(=O)C(C#N)=Cc1c(C)c(C)c(N(C)C)c(C)c1C. The van der Waals surface area contributed by atoms with Gasteiger partial charge in [0, 0.05) is 19.8 Å². The van der Waals surface area contributed by atoms with Crippen LogP contribution in [0.3, 0.4) is 0 Å². The molecule has 3 heteroatoms. The van der Waals surface area contributed by atoms with Crippen molar-refractivity contribution < 1.29 is 4.79 Å². The van der Waals surface area contributed by atoms with E-state index in [2.05, 4.69) is 18.7 Å². The van der Waals surface area contributed by atoms with Crippen LogP contribution >= 0.6 is 0 Å². The summed E-state index contributed by atoms with van der Waals surface area (Å²) in [5.41, 5.74) is 7.00. The second-order valence-electron chi connectivity index (χ2n) is 5.38. The highest BCUT2D eigenvalue weighted by Crippen LogP contribution is 2.33. The van der Waals surface area contributed by atoms with E-state index in [9.17, 15) is 4.79 Å². The minimum absolute atomic E-state index is 0.196. The molecule has 106 valence electrons. The summed E-state index contributed by atoms with van der Waals surface area (Å²) in [5.74, 6) is -0.196. The number of carbonyl (C=O) groups is 1. The molecular formula is C17H22N2O. The van der Waals surface area contributed by atoms with E-state index < -0.39 is 0 Å². The van der Waals surface area contributed by atoms with Crippen molar-refractivity contribution in [3.8, 4) is 6.07 Å². The molecule has 1 rings (SSSR count). The summed E-state index contributed by atoms with van der Waals surface area (Å²) in [5, 5.41) is 9.07. The molecule has 0 unspecified atom stereocenters. The van der Waals surface area contributed by atoms with Crippen molar-refractivity contribution >= 4 is 17.5 Å². The topological polar surface area (TPSA) is 44.1 Å². The van der Waals surface area contributed by atoms with Crippen LogP contribution in [0.1, 0.15) is 34.7 Å². The van der Waals surface area contributed by atoms with Gasteiger partial charge in [0.2, 0.25) is 0 Å². The molecule has 0 heterocycles. The van der Waals surface area contributed by atoms with Gasteiger partial charge in [-0.25, -0.2) is 0 Å². The summed E-state index contributed by atoms with van der Waals surface area (Å²) in [4.78, 5) is 13.6. The molecule has 3 nitrogen and oxygen atoms in total. The second-order valence-corrected chi connectivity index (χ2v) is 5.38. The van der Waals surface area contributed by atoms with E-state index in [0.29, 0.717) is 0 Å². The van der Waals surface area contributed by atoms with E-state index in [1.807, 2.05) is 34.0 Å². The van der Waals surface area contributed by atoms with Crippen LogP contribution in [0, 0.1) is 39.0 Å². The molecule has 1 aromatic rings. The molecule has 0 spiro atoms. The van der Waals surface area contributed by atoms with Gasteiger partial charge in [0.1, 0.15) is 6.07 Å². The van der Waals surface area contributed by atoms with Crippen LogP contribution in [-0.2, 0) is 4.79 Å². The van der Waals surface area contributed by atoms with Crippen molar-refractivity contribution in [3.05, 3.63) is 33.4 Å². The number of nitrogens with zero attached hydrogens (tertiary/aromatic N) is 2. The molecular weight excluding hydrogens is 248 g/mol. The minimum atomic E-state index is -0.196. The fourth-order valence-electron chi connectivity index (χ4n) is 2.57. The average molecular weight is 270 g/mol. The monoisotopic (exact) mass is 270 g/mol. The predicted octanol–water partition coefficient (Wildman–Crippen LogP) is 3.48. The Hall–Kier alpha value is -2.08. The van der Waals surface area contributed by atoms with Crippen LogP contribution in [0.2, 0.25) is 0 Å². The molecule has 0 atom stereocenters. The Morgan fingerprint density at radius 3 is 1.80 bits per heavy atom. The van der Waals surface area contributed by atoms with Crippen LogP contribution in [0.25, 0.3) is 6.08 Å². The van der Waals surface area contributed by atoms with E-state index in [4.69, 9.17) is 5.26 Å². The fourth-order valence-corrected chi connectivity index (χ4v) is 2.57. The normalized spacial score (nSPS) is 11.2. The minimum Gasteiger partial charge on any atom is -0.377 e. The standard InChI is InChI=1S/C17H22N2O/c1-10-12(3)17(19(6)7)13(4)11(2)16(10)8-15(9-18)14(5)20/h8H,1-7H3. The van der Waals surface area contributed by atoms with Crippen LogP contribution in [0.5, 0.6) is 0 Å². The van der Waals surface area contributed by atoms with Crippen LogP contribution < -0.4 is 4.90 Å². The maximum Gasteiger partial charge on any atom is 0.170 e. The average Bonchev–Trinajstić information content (AvgIpc) is 2.36. The first-order chi connectivity index (χ1) is 9.22. The molecule has 0 bridgehead atoms. The Balaban J connectivity index is 3.69. The molecule has 0 saturated heterocycles. The van der Waals surface area contributed by atoms with Gasteiger partial charge >= 0.3 is 0 Å². The zero-order valence-electron chi connectivity index (χ0n) is 13.4. The Bertz CT molecular complexity index is 602. The first kappa shape index (κ1) is 16.0. The van der Waals surface area contributed by atoms with Crippen LogP contribution in [0.4, 0.5) is 5.69 Å². The lowest BCUT2D eigenvalue weighted by Gasteiger charge is -2.24. The molecule has 0 saturated carbocycles. The van der Waals surface area contributed by atoms with Crippen molar-refractivity contribution in [2.45, 2.75) is 34.6 Å². The quantitative estimate of drug-likeness (QED) is 0.624. The Labute approximate surface area is 121 Å². The molecule has 0 amide bonds. The summed E-state index contributed by atoms with van der Waals surface area (Å²) in [6.07, 6.45) is 1.71. The van der Waals surface area contributed by atoms with Crippen molar-refractivity contribution in [2.24, 2.45) is 0 Å². The van der Waals surface area contributed by atoms with Gasteiger partial charge in [-0.2, -0.15) is 5.26 Å². The Kier molecular flexibility index (Phi) is 4.73. The largest absolute Gasteiger partial charge is 0.377 e. The van der Waals surface area contributed by atoms with Crippen molar-refractivity contribution in [3.63, 3.8) is 0 Å². The molecule has 0 radical (unpaired) electrons. The van der Waals surface area contributed by atoms with E-state index in [1.165, 1.54) is 23.7 Å². The zero-order chi connectivity index (χ0) is 15.6. The lowest BCUT2D eigenvalue weighted by Crippen LogP contribution is -2.14. The van der Waals surface area contributed by atoms with Crippen molar-refractivity contribution in [1.82, 2.24) is 0 Å². The zero-order valence-corrected chi connectivity index (χ0v) is 13.4. The van der Waals surface area contributed by atoms with Crippen LogP contribution in [-0.4, -0.2) is 19.9 Å². The first-order valence-corrected chi connectivity index (χ1v) is 6.62. The molecule has 20 heavy (non-hydrogen) atoms. The third kappa shape index (κ3) is 2.75. The molecule has 0 N–H and O–H groups in total. The van der Waals surface area contributed by atoms with Crippen molar-refractivity contribution in [2.75, 3.05) is 19.0 Å². The van der Waals surface area contributed by atoms with Gasteiger partial charge in [-0.15, -0.1) is 0 Å². The predicted molar refractivity (Wildman–Crippen MR) is 84.0 cm³/mol. The van der Waals surface area contributed by atoms with Crippen molar-refractivity contribution in [1.29, 1.82) is 5.26 Å². The highest BCUT2D eigenvalue weighted by molar-refractivity contribution is 6.02. The van der Waals surface area contributed by atoms with Crippen LogP contribution in [0.15, 0.2) is 5.57 Å². The molecule has 0 aliphatic rings. The molecule has 0 fully saturated rings. The maximum absolute atomic E-state index is 11.4. The Morgan fingerprint density at radius 2 is 1.50 bits per heavy atom. The summed E-state index contributed by atoms with van der Waals surface area (Å²) < 4.78 is 0. The highest BCUT2D eigenvalue weighted by Gasteiger charge is 2.16. The number of carbonyl (C=O) groups excluding carboxylic acids is 1. The van der Waals surface area contributed by atoms with Gasteiger partial charge < -0.3 is 4.90 Å². The summed E-state index contributed by atoms with van der Waals surface area (Å²) in [6, 6.07) is 1.98. The molecule has 1 aromatic carbocycles. The number of benzene rings is 1. The maximum atomic E-state index is 11.4.